The Morgan fingerprint density at radius 3 is 2.62 bits per heavy atom. The summed E-state index contributed by atoms with van der Waals surface area (Å²) < 4.78 is 0. The molecule has 114 valence electrons. The van der Waals surface area contributed by atoms with Crippen LogP contribution >= 0.6 is 0 Å². The highest BCUT2D eigenvalue weighted by atomic mass is 14.3. The minimum atomic E-state index is 0.760. The molecular formula is C20H29N. The third-order valence-corrected chi connectivity index (χ3v) is 5.09. The number of allylic oxidation sites excluding steroid dienone is 6. The second kappa shape index (κ2) is 8.88. The predicted octanol–water partition coefficient (Wildman–Crippen LogP) is 6.10. The summed E-state index contributed by atoms with van der Waals surface area (Å²) in [5.41, 5.74) is 2.33. The molecule has 0 N–H and O–H groups in total. The summed E-state index contributed by atoms with van der Waals surface area (Å²) in [6.45, 7) is 2.28. The molecule has 1 heteroatoms. The lowest BCUT2D eigenvalue weighted by Crippen LogP contribution is -2.16. The van der Waals surface area contributed by atoms with Crippen molar-refractivity contribution in [2.75, 3.05) is 0 Å². The standard InChI is InChI=1S/C20H29N/c1-2-3-4-5-7-17-10-13-20(14-11-17)19-9-6-8-18(16-21)12-15-19/h6,8,12,15,17,20H,2-5,7,9-11,13-14H2,1H3. The van der Waals surface area contributed by atoms with Gasteiger partial charge in [0.25, 0.3) is 0 Å². The third-order valence-electron chi connectivity index (χ3n) is 5.09. The number of nitrogens with zero attached hydrogens (tertiary/aromatic N) is 1. The minimum Gasteiger partial charge on any atom is -0.192 e. The van der Waals surface area contributed by atoms with E-state index in [4.69, 9.17) is 5.26 Å². The fourth-order valence-corrected chi connectivity index (χ4v) is 3.70. The first-order valence-electron chi connectivity index (χ1n) is 8.81. The second-order valence-electron chi connectivity index (χ2n) is 6.65. The highest BCUT2D eigenvalue weighted by Gasteiger charge is 2.23. The minimum absolute atomic E-state index is 0.760. The van der Waals surface area contributed by atoms with Gasteiger partial charge in [-0.05, 0) is 56.1 Å². The number of nitriles is 1. The average Bonchev–Trinajstić information content (AvgIpc) is 2.78. The zero-order valence-corrected chi connectivity index (χ0v) is 13.5. The van der Waals surface area contributed by atoms with E-state index in [1.54, 1.807) is 5.57 Å². The lowest BCUT2D eigenvalue weighted by Gasteiger charge is -2.30. The molecule has 2 rings (SSSR count). The van der Waals surface area contributed by atoms with Gasteiger partial charge in [0.05, 0.1) is 11.6 Å². The molecule has 0 bridgehead atoms. The predicted molar refractivity (Wildman–Crippen MR) is 89.7 cm³/mol. The van der Waals surface area contributed by atoms with Crippen LogP contribution in [0.25, 0.3) is 0 Å². The van der Waals surface area contributed by atoms with Gasteiger partial charge in [-0.3, -0.25) is 0 Å². The quantitative estimate of drug-likeness (QED) is 0.540. The molecule has 0 aromatic heterocycles. The van der Waals surface area contributed by atoms with Gasteiger partial charge in [-0.15, -0.1) is 0 Å². The van der Waals surface area contributed by atoms with Crippen molar-refractivity contribution in [3.8, 4) is 6.07 Å². The Morgan fingerprint density at radius 2 is 1.90 bits per heavy atom. The first-order valence-corrected chi connectivity index (χ1v) is 8.81. The van der Waals surface area contributed by atoms with E-state index in [-0.39, 0.29) is 0 Å². The van der Waals surface area contributed by atoms with Crippen molar-refractivity contribution in [3.05, 3.63) is 35.5 Å². The summed E-state index contributed by atoms with van der Waals surface area (Å²) in [7, 11) is 0. The molecule has 0 atom stereocenters. The van der Waals surface area contributed by atoms with Crippen LogP contribution in [0.1, 0.15) is 71.1 Å². The average molecular weight is 283 g/mol. The van der Waals surface area contributed by atoms with Crippen LogP contribution in [0, 0.1) is 23.2 Å². The molecule has 1 saturated carbocycles. The van der Waals surface area contributed by atoms with Crippen LogP contribution in [0.4, 0.5) is 0 Å². The van der Waals surface area contributed by atoms with Gasteiger partial charge in [0.1, 0.15) is 0 Å². The number of rotatable bonds is 6. The Morgan fingerprint density at radius 1 is 1.10 bits per heavy atom. The van der Waals surface area contributed by atoms with Crippen molar-refractivity contribution < 1.29 is 0 Å². The van der Waals surface area contributed by atoms with Crippen LogP contribution in [0.3, 0.4) is 0 Å². The molecule has 2 aliphatic rings. The second-order valence-corrected chi connectivity index (χ2v) is 6.65. The topological polar surface area (TPSA) is 23.8 Å². The number of hydrogen-bond donors (Lipinski definition) is 0. The summed E-state index contributed by atoms with van der Waals surface area (Å²) in [5, 5.41) is 8.97. The van der Waals surface area contributed by atoms with Crippen LogP contribution in [-0.4, -0.2) is 0 Å². The summed E-state index contributed by atoms with van der Waals surface area (Å²) in [5.74, 6) is 1.74. The molecule has 0 amide bonds. The molecule has 0 spiro atoms. The Hall–Kier alpha value is -1.29. The molecule has 0 aliphatic heterocycles. The number of hydrogen-bond acceptors (Lipinski definition) is 1. The van der Waals surface area contributed by atoms with E-state index in [2.05, 4.69) is 25.1 Å². The molecule has 2 aliphatic carbocycles. The SMILES string of the molecule is CCCCCCC1CCC(C2=CC=C(C#N)C=CC2)CC1. The van der Waals surface area contributed by atoms with E-state index in [9.17, 15) is 0 Å². The normalized spacial score (nSPS) is 25.7. The molecule has 0 aromatic carbocycles. The number of unbranched alkanes of at least 4 members (excludes halogenated alkanes) is 3. The fourth-order valence-electron chi connectivity index (χ4n) is 3.70. The summed E-state index contributed by atoms with van der Waals surface area (Å²) in [6, 6.07) is 2.24. The molecular weight excluding hydrogens is 254 g/mol. The van der Waals surface area contributed by atoms with Crippen LogP contribution < -0.4 is 0 Å². The monoisotopic (exact) mass is 283 g/mol. The van der Waals surface area contributed by atoms with Crippen molar-refractivity contribution in [2.45, 2.75) is 71.1 Å². The van der Waals surface area contributed by atoms with E-state index >= 15 is 0 Å². The van der Waals surface area contributed by atoms with E-state index in [0.717, 1.165) is 23.8 Å². The van der Waals surface area contributed by atoms with Crippen LogP contribution in [0.15, 0.2) is 35.5 Å². The summed E-state index contributed by atoms with van der Waals surface area (Å²) in [6.07, 6.45) is 21.9. The van der Waals surface area contributed by atoms with Gasteiger partial charge in [0.2, 0.25) is 0 Å². The van der Waals surface area contributed by atoms with Crippen LogP contribution in [0.2, 0.25) is 0 Å². The fraction of sp³-hybridized carbons (Fsp3) is 0.650. The van der Waals surface area contributed by atoms with Crippen LogP contribution in [-0.2, 0) is 0 Å². The molecule has 0 heterocycles. The third kappa shape index (κ3) is 5.20. The van der Waals surface area contributed by atoms with Crippen molar-refractivity contribution in [1.29, 1.82) is 5.26 Å². The van der Waals surface area contributed by atoms with Crippen molar-refractivity contribution >= 4 is 0 Å². The molecule has 0 unspecified atom stereocenters. The van der Waals surface area contributed by atoms with Gasteiger partial charge in [-0.2, -0.15) is 5.26 Å². The van der Waals surface area contributed by atoms with E-state index in [1.807, 2.05) is 12.2 Å². The van der Waals surface area contributed by atoms with E-state index in [1.165, 1.54) is 57.8 Å². The molecule has 1 nitrogen and oxygen atoms in total. The summed E-state index contributed by atoms with van der Waals surface area (Å²) >= 11 is 0. The van der Waals surface area contributed by atoms with Gasteiger partial charge < -0.3 is 0 Å². The Labute approximate surface area is 130 Å². The van der Waals surface area contributed by atoms with Crippen molar-refractivity contribution in [3.63, 3.8) is 0 Å². The highest BCUT2D eigenvalue weighted by molar-refractivity contribution is 5.40. The van der Waals surface area contributed by atoms with Gasteiger partial charge in [-0.1, -0.05) is 56.8 Å². The van der Waals surface area contributed by atoms with Gasteiger partial charge in [-0.25, -0.2) is 0 Å². The Kier molecular flexibility index (Phi) is 6.80. The molecule has 1 fully saturated rings. The Balaban J connectivity index is 1.76. The molecule has 21 heavy (non-hydrogen) atoms. The first kappa shape index (κ1) is 16.1. The van der Waals surface area contributed by atoms with Gasteiger partial charge in [0.15, 0.2) is 0 Å². The maximum Gasteiger partial charge on any atom is 0.0991 e. The van der Waals surface area contributed by atoms with Crippen LogP contribution in [0.5, 0.6) is 0 Å². The Bertz CT molecular complexity index is 439. The van der Waals surface area contributed by atoms with E-state index in [0.29, 0.717) is 0 Å². The van der Waals surface area contributed by atoms with Crippen molar-refractivity contribution in [2.24, 2.45) is 11.8 Å². The maximum atomic E-state index is 8.97. The lowest BCUT2D eigenvalue weighted by molar-refractivity contribution is 0.279. The zero-order chi connectivity index (χ0) is 14.9. The lowest BCUT2D eigenvalue weighted by atomic mass is 9.76. The van der Waals surface area contributed by atoms with Crippen molar-refractivity contribution in [1.82, 2.24) is 0 Å². The molecule has 0 aromatic rings. The van der Waals surface area contributed by atoms with Gasteiger partial charge >= 0.3 is 0 Å². The smallest absolute Gasteiger partial charge is 0.0991 e. The van der Waals surface area contributed by atoms with Gasteiger partial charge in [0, 0.05) is 0 Å². The zero-order valence-electron chi connectivity index (χ0n) is 13.5. The largest absolute Gasteiger partial charge is 0.192 e. The maximum absolute atomic E-state index is 8.97. The highest BCUT2D eigenvalue weighted by Crippen LogP contribution is 2.37. The van der Waals surface area contributed by atoms with E-state index < -0.39 is 0 Å². The molecule has 0 saturated heterocycles. The first-order chi connectivity index (χ1) is 10.3. The summed E-state index contributed by atoms with van der Waals surface area (Å²) in [4.78, 5) is 0. The molecule has 0 radical (unpaired) electrons.